The summed E-state index contributed by atoms with van der Waals surface area (Å²) in [4.78, 5) is 17.6. The third-order valence-corrected chi connectivity index (χ3v) is 8.32. The van der Waals surface area contributed by atoms with Gasteiger partial charge in [0.25, 0.3) is 0 Å². The number of carbonyl (C=O) groups excluding carboxylic acids is 1. The molecule has 5 rings (SSSR count). The van der Waals surface area contributed by atoms with E-state index in [9.17, 15) is 9.90 Å². The van der Waals surface area contributed by atoms with Gasteiger partial charge in [-0.3, -0.25) is 9.78 Å². The van der Waals surface area contributed by atoms with Crippen LogP contribution in [0.2, 0.25) is 0 Å². The monoisotopic (exact) mass is 545 g/mol. The Hall–Kier alpha value is -3.48. The number of phenolic OH excluding ortho intramolecular Hbond substituents is 1. The van der Waals surface area contributed by atoms with Gasteiger partial charge in [-0.1, -0.05) is 37.5 Å². The molecule has 1 amide bonds. The van der Waals surface area contributed by atoms with E-state index in [4.69, 9.17) is 14.5 Å². The van der Waals surface area contributed by atoms with Crippen LogP contribution in [0.4, 0.5) is 5.69 Å². The summed E-state index contributed by atoms with van der Waals surface area (Å²) in [5, 5.41) is 18.1. The first kappa shape index (κ1) is 28.1. The topological polar surface area (TPSA) is 92.7 Å². The highest BCUT2D eigenvalue weighted by Crippen LogP contribution is 2.41. The number of hydrogen-bond acceptors (Lipinski definition) is 6. The van der Waals surface area contributed by atoms with Crippen LogP contribution in [-0.4, -0.2) is 41.8 Å². The van der Waals surface area contributed by atoms with Crippen molar-refractivity contribution in [3.63, 3.8) is 0 Å². The van der Waals surface area contributed by atoms with Crippen molar-refractivity contribution in [1.29, 1.82) is 0 Å². The second-order valence-corrected chi connectivity index (χ2v) is 11.5. The Kier molecular flexibility index (Phi) is 8.98. The Morgan fingerprint density at radius 1 is 1.05 bits per heavy atom. The molecule has 2 heterocycles. The molecule has 2 aliphatic rings. The zero-order chi connectivity index (χ0) is 28.0. The van der Waals surface area contributed by atoms with Crippen molar-refractivity contribution in [3.8, 4) is 17.2 Å². The second kappa shape index (κ2) is 12.8. The van der Waals surface area contributed by atoms with Crippen LogP contribution in [0.25, 0.3) is 10.9 Å². The molecule has 0 saturated carbocycles. The fraction of sp³-hybridized carbons (Fsp3) is 0.515. The largest absolute Gasteiger partial charge is 0.504 e. The molecular weight excluding hydrogens is 502 g/mol. The Labute approximate surface area is 237 Å². The lowest BCUT2D eigenvalue weighted by atomic mass is 9.89. The molecule has 1 aliphatic heterocycles. The number of ether oxygens (including phenoxy) is 2. The Bertz CT molecular complexity index is 1340. The maximum Gasteiger partial charge on any atom is 0.224 e. The first-order chi connectivity index (χ1) is 19.5. The molecule has 0 radical (unpaired) electrons. The average Bonchev–Trinajstić information content (AvgIpc) is 2.95. The van der Waals surface area contributed by atoms with Gasteiger partial charge < -0.3 is 25.2 Å². The average molecular weight is 546 g/mol. The number of hydrogen-bond donors (Lipinski definition) is 3. The minimum Gasteiger partial charge on any atom is -0.504 e. The number of para-hydroxylation sites is 1. The van der Waals surface area contributed by atoms with Gasteiger partial charge in [0.1, 0.15) is 11.4 Å². The van der Waals surface area contributed by atoms with Crippen LogP contribution in [0, 0.1) is 0 Å². The molecule has 0 spiro atoms. The molecule has 214 valence electrons. The number of nitrogens with one attached hydrogen (secondary N) is 2. The molecule has 3 aromatic rings. The van der Waals surface area contributed by atoms with E-state index in [1.165, 1.54) is 55.1 Å². The number of benzene rings is 2. The van der Waals surface area contributed by atoms with E-state index in [1.807, 2.05) is 6.92 Å². The number of fused-ring (bicyclic) bond motifs is 3. The Balaban J connectivity index is 0.988. The zero-order valence-electron chi connectivity index (χ0n) is 24.0. The van der Waals surface area contributed by atoms with Crippen molar-refractivity contribution in [2.45, 2.75) is 89.6 Å². The number of methoxy groups -OCH3 is 1. The summed E-state index contributed by atoms with van der Waals surface area (Å²) >= 11 is 0. The van der Waals surface area contributed by atoms with Gasteiger partial charge in [-0.05, 0) is 81.5 Å². The maximum atomic E-state index is 12.6. The number of aryl methyl sites for hydroxylation is 2. The first-order valence-electron chi connectivity index (χ1n) is 15.0. The molecule has 0 bridgehead atoms. The van der Waals surface area contributed by atoms with E-state index in [0.717, 1.165) is 62.6 Å². The van der Waals surface area contributed by atoms with Crippen LogP contribution in [0.15, 0.2) is 36.4 Å². The summed E-state index contributed by atoms with van der Waals surface area (Å²) in [6.07, 6.45) is 12.1. The SMILES string of the molecule is COc1cc2c(cc1O)CCC(C)(CC(=O)NCCCCCCCNc1c3c(nc4ccccc14)CCCC3)O2. The molecule has 1 aliphatic carbocycles. The van der Waals surface area contributed by atoms with Crippen LogP contribution in [0.1, 0.15) is 81.5 Å². The molecule has 2 aromatic carbocycles. The molecule has 40 heavy (non-hydrogen) atoms. The lowest BCUT2D eigenvalue weighted by Crippen LogP contribution is -2.41. The van der Waals surface area contributed by atoms with Gasteiger partial charge >= 0.3 is 0 Å². The predicted molar refractivity (Wildman–Crippen MR) is 160 cm³/mol. The van der Waals surface area contributed by atoms with Gasteiger partial charge in [-0.2, -0.15) is 0 Å². The van der Waals surface area contributed by atoms with Crippen molar-refractivity contribution < 1.29 is 19.4 Å². The van der Waals surface area contributed by atoms with E-state index in [-0.39, 0.29) is 11.7 Å². The van der Waals surface area contributed by atoms with Crippen molar-refractivity contribution in [1.82, 2.24) is 10.3 Å². The fourth-order valence-corrected chi connectivity index (χ4v) is 6.09. The molecular formula is C33H43N3O4. The van der Waals surface area contributed by atoms with Gasteiger partial charge in [0.15, 0.2) is 11.5 Å². The van der Waals surface area contributed by atoms with Crippen molar-refractivity contribution >= 4 is 22.5 Å². The molecule has 7 heteroatoms. The molecule has 0 fully saturated rings. The first-order valence-corrected chi connectivity index (χ1v) is 15.0. The van der Waals surface area contributed by atoms with Gasteiger partial charge in [0.05, 0.1) is 19.0 Å². The standard InChI is InChI=1S/C33H43N3O4/c1-33(17-16-23-20-28(37)30(39-2)21-29(23)40-33)22-31(38)34-18-10-4-3-5-11-19-35-32-24-12-6-8-14-26(24)36-27-15-9-7-13-25(27)32/h6,8,12,14,20-21,37H,3-5,7,9-11,13,15-19,22H2,1-2H3,(H,34,38)(H,35,36). The third-order valence-electron chi connectivity index (χ3n) is 8.32. The lowest BCUT2D eigenvalue weighted by Gasteiger charge is -2.35. The quantitative estimate of drug-likeness (QED) is 0.226. The third kappa shape index (κ3) is 6.62. The number of carbonyl (C=O) groups is 1. The van der Waals surface area contributed by atoms with Crippen LogP contribution in [0.3, 0.4) is 0 Å². The molecule has 7 nitrogen and oxygen atoms in total. The van der Waals surface area contributed by atoms with Crippen LogP contribution < -0.4 is 20.1 Å². The van der Waals surface area contributed by atoms with Crippen LogP contribution in [-0.2, 0) is 24.1 Å². The number of nitrogens with zero attached hydrogens (tertiary/aromatic N) is 1. The second-order valence-electron chi connectivity index (χ2n) is 11.5. The summed E-state index contributed by atoms with van der Waals surface area (Å²) in [5.74, 6) is 1.20. The molecule has 1 unspecified atom stereocenters. The number of pyridine rings is 1. The van der Waals surface area contributed by atoms with Crippen LogP contribution >= 0.6 is 0 Å². The molecule has 1 atom stereocenters. The van der Waals surface area contributed by atoms with Crippen molar-refractivity contribution in [2.24, 2.45) is 0 Å². The molecule has 0 saturated heterocycles. The number of aromatic hydroxyl groups is 1. The number of phenols is 1. The maximum absolute atomic E-state index is 12.6. The highest BCUT2D eigenvalue weighted by atomic mass is 16.5. The summed E-state index contributed by atoms with van der Waals surface area (Å²) < 4.78 is 11.4. The van der Waals surface area contributed by atoms with E-state index in [0.29, 0.717) is 24.5 Å². The summed E-state index contributed by atoms with van der Waals surface area (Å²) in [5.41, 5.74) is 5.49. The number of unbranched alkanes of at least 4 members (excludes halogenated alkanes) is 4. The number of rotatable bonds is 12. The fourth-order valence-electron chi connectivity index (χ4n) is 6.09. The minimum atomic E-state index is -0.564. The minimum absolute atomic E-state index is 0.0220. The van der Waals surface area contributed by atoms with Gasteiger partial charge in [-0.25, -0.2) is 0 Å². The normalized spacial score (nSPS) is 17.9. The van der Waals surface area contributed by atoms with E-state index < -0.39 is 5.60 Å². The van der Waals surface area contributed by atoms with Gasteiger partial charge in [-0.15, -0.1) is 0 Å². The lowest BCUT2D eigenvalue weighted by molar-refractivity contribution is -0.125. The van der Waals surface area contributed by atoms with Gasteiger partial charge in [0, 0.05) is 35.9 Å². The van der Waals surface area contributed by atoms with Crippen LogP contribution in [0.5, 0.6) is 17.2 Å². The Morgan fingerprint density at radius 2 is 1.82 bits per heavy atom. The molecule has 3 N–H and O–H groups in total. The van der Waals surface area contributed by atoms with Crippen molar-refractivity contribution in [3.05, 3.63) is 53.2 Å². The van der Waals surface area contributed by atoms with E-state index >= 15 is 0 Å². The Morgan fingerprint density at radius 3 is 2.67 bits per heavy atom. The summed E-state index contributed by atoms with van der Waals surface area (Å²) in [6, 6.07) is 11.9. The van der Waals surface area contributed by atoms with Gasteiger partial charge in [0.2, 0.25) is 5.91 Å². The summed E-state index contributed by atoms with van der Waals surface area (Å²) in [7, 11) is 1.52. The number of aromatic nitrogens is 1. The highest BCUT2D eigenvalue weighted by Gasteiger charge is 2.34. The van der Waals surface area contributed by atoms with E-state index in [1.54, 1.807) is 12.1 Å². The highest BCUT2D eigenvalue weighted by molar-refractivity contribution is 5.93. The zero-order valence-corrected chi connectivity index (χ0v) is 24.0. The predicted octanol–water partition coefficient (Wildman–Crippen LogP) is 6.48. The van der Waals surface area contributed by atoms with E-state index in [2.05, 4.69) is 34.9 Å². The molecule has 1 aromatic heterocycles. The smallest absolute Gasteiger partial charge is 0.224 e. The number of anilines is 1. The summed E-state index contributed by atoms with van der Waals surface area (Å²) in [6.45, 7) is 3.65. The van der Waals surface area contributed by atoms with Crippen molar-refractivity contribution in [2.75, 3.05) is 25.5 Å². The number of amides is 1.